The van der Waals surface area contributed by atoms with Gasteiger partial charge in [-0.25, -0.2) is 0 Å². The highest BCUT2D eigenvalue weighted by Gasteiger charge is 2.72. The number of aliphatic carboxylic acids is 1. The second-order valence-electron chi connectivity index (χ2n) is 18.8. The first-order chi connectivity index (χ1) is 24.5. The van der Waals surface area contributed by atoms with Crippen LogP contribution in [0.2, 0.25) is 0 Å². The largest absolute Gasteiger partial charge is 0.488 e. The molecule has 6 aliphatic rings. The molecule has 5 N–H and O–H groups in total. The molecule has 16 atom stereocenters. The van der Waals surface area contributed by atoms with Gasteiger partial charge in [0.2, 0.25) is 0 Å². The Morgan fingerprint density at radius 2 is 1.65 bits per heavy atom. The Kier molecular flexibility index (Phi) is 9.79. The minimum absolute atomic E-state index is 0.139. The zero-order valence-corrected chi connectivity index (χ0v) is 32.0. The van der Waals surface area contributed by atoms with Crippen molar-refractivity contribution in [1.29, 1.82) is 0 Å². The van der Waals surface area contributed by atoms with Gasteiger partial charge in [0, 0.05) is 10.8 Å². The van der Waals surface area contributed by atoms with Crippen LogP contribution >= 0.6 is 0 Å². The summed E-state index contributed by atoms with van der Waals surface area (Å²) in [7, 11) is 0. The number of aliphatic hydroxyl groups is 4. The molecule has 7 rings (SSSR count). The molecule has 1 aromatic rings. The van der Waals surface area contributed by atoms with Crippen LogP contribution in [0.4, 0.5) is 0 Å². The highest BCUT2D eigenvalue weighted by molar-refractivity contribution is 5.73. The van der Waals surface area contributed by atoms with Gasteiger partial charge in [0.05, 0.1) is 25.7 Å². The van der Waals surface area contributed by atoms with Crippen molar-refractivity contribution in [2.24, 2.45) is 56.7 Å². The predicted molar refractivity (Wildman–Crippen MR) is 193 cm³/mol. The summed E-state index contributed by atoms with van der Waals surface area (Å²) in [6.07, 6.45) is -0.754. The molecule has 0 unspecified atom stereocenters. The standard InChI is InChI=1S/C42H62O10/c1-23(2)24(3)38(4)17-18-40(6)26-13-14-30-39(5)21-49-22-42(30,27(26)15-16-41(40,7)34(38)36(47)48)19-28(50-25-11-9-8-10-12-25)35(39)52-37-33(46)32(45)31(44)29(20-43)51-37/h8-12,15,23-24,26,28-35,37,43-46H,13-14,16-22H2,1-7H3,(H,47,48)/t24-,26+,28-,29-,30+,31-,32+,33-,34-,35+,37+,38-,39+,40-,41+,42+/m1/s1. The van der Waals surface area contributed by atoms with Gasteiger partial charge in [-0.2, -0.15) is 0 Å². The third-order valence-corrected chi connectivity index (χ3v) is 16.2. The molecule has 10 nitrogen and oxygen atoms in total. The lowest BCUT2D eigenvalue weighted by Crippen LogP contribution is -2.71. The molecule has 0 radical (unpaired) electrons. The molecule has 10 heteroatoms. The van der Waals surface area contributed by atoms with E-state index in [9.17, 15) is 30.3 Å². The van der Waals surface area contributed by atoms with Crippen LogP contribution in [-0.2, 0) is 19.0 Å². The number of rotatable bonds is 8. The summed E-state index contributed by atoms with van der Waals surface area (Å²) in [6.45, 7) is 16.1. The Morgan fingerprint density at radius 3 is 2.31 bits per heavy atom. The molecule has 2 aliphatic heterocycles. The Labute approximate surface area is 308 Å². The first-order valence-corrected chi connectivity index (χ1v) is 19.7. The van der Waals surface area contributed by atoms with Gasteiger partial charge in [0.25, 0.3) is 0 Å². The summed E-state index contributed by atoms with van der Waals surface area (Å²) in [6, 6.07) is 9.63. The Hall–Kier alpha value is -2.05. The molecule has 2 heterocycles. The number of hydrogen-bond donors (Lipinski definition) is 5. The average molecular weight is 727 g/mol. The van der Waals surface area contributed by atoms with E-state index in [1.54, 1.807) is 0 Å². The third kappa shape index (κ3) is 5.40. The third-order valence-electron chi connectivity index (χ3n) is 16.2. The maximum atomic E-state index is 13.5. The minimum Gasteiger partial charge on any atom is -0.488 e. The van der Waals surface area contributed by atoms with Crippen LogP contribution in [0.1, 0.15) is 87.0 Å². The van der Waals surface area contributed by atoms with E-state index in [1.165, 1.54) is 5.57 Å². The van der Waals surface area contributed by atoms with Gasteiger partial charge in [-0.05, 0) is 90.6 Å². The number of carbonyl (C=O) groups is 1. The van der Waals surface area contributed by atoms with Crippen LogP contribution in [0.15, 0.2) is 42.0 Å². The Morgan fingerprint density at radius 1 is 0.942 bits per heavy atom. The van der Waals surface area contributed by atoms with Crippen LogP contribution in [0.5, 0.6) is 5.75 Å². The van der Waals surface area contributed by atoms with Crippen LogP contribution in [0.3, 0.4) is 0 Å². The number of hydrogen-bond acceptors (Lipinski definition) is 9. The van der Waals surface area contributed by atoms with Gasteiger partial charge in [0.1, 0.15) is 42.4 Å². The SMILES string of the molecule is CC(C)[C@@H](C)[C@@]1(C)CC[C@]2(C)[C@H]3CC[C@@H]4[C@@]5(COC[C@]4(C)[C@@H](O[C@@H]4O[C@H](CO)[C@@H](O)[C@H](O)[C@H]4O)[C@H](Oc4ccccc4)C5)C3=CC[C@@]2(C)[C@@H]1C(=O)O. The van der Waals surface area contributed by atoms with Gasteiger partial charge in [0.15, 0.2) is 6.29 Å². The summed E-state index contributed by atoms with van der Waals surface area (Å²) >= 11 is 0. The Bertz CT molecular complexity index is 1510. The molecule has 0 aromatic heterocycles. The summed E-state index contributed by atoms with van der Waals surface area (Å²) < 4.78 is 26.1. The molecule has 3 saturated carbocycles. The van der Waals surface area contributed by atoms with Crippen molar-refractivity contribution in [1.82, 2.24) is 0 Å². The molecular weight excluding hydrogens is 664 g/mol. The smallest absolute Gasteiger partial charge is 0.307 e. The van der Waals surface area contributed by atoms with E-state index in [-0.39, 0.29) is 34.0 Å². The van der Waals surface area contributed by atoms with E-state index in [4.69, 9.17) is 18.9 Å². The lowest BCUT2D eigenvalue weighted by molar-refractivity contribution is -0.347. The van der Waals surface area contributed by atoms with Crippen LogP contribution in [0, 0.1) is 56.7 Å². The van der Waals surface area contributed by atoms with Gasteiger partial charge in [-0.3, -0.25) is 4.79 Å². The monoisotopic (exact) mass is 726 g/mol. The number of ether oxygens (including phenoxy) is 4. The Balaban J connectivity index is 1.29. The number of fused-ring (bicyclic) bond motifs is 3. The molecule has 0 amide bonds. The summed E-state index contributed by atoms with van der Waals surface area (Å²) in [5.74, 6) is 0.498. The van der Waals surface area contributed by atoms with Crippen LogP contribution < -0.4 is 4.74 Å². The maximum Gasteiger partial charge on any atom is 0.307 e. The number of carboxylic acid groups (broad SMARTS) is 1. The molecule has 1 aromatic carbocycles. The normalized spacial score (nSPS) is 49.2. The molecular formula is C42H62O10. The molecule has 5 fully saturated rings. The van der Waals surface area contributed by atoms with Crippen molar-refractivity contribution in [3.8, 4) is 5.75 Å². The highest BCUT2D eigenvalue weighted by Crippen LogP contribution is 2.75. The van der Waals surface area contributed by atoms with Crippen molar-refractivity contribution in [2.45, 2.75) is 130 Å². The van der Waals surface area contributed by atoms with Crippen LogP contribution in [-0.4, -0.2) is 94.2 Å². The fourth-order valence-electron chi connectivity index (χ4n) is 12.9. The first kappa shape index (κ1) is 38.2. The van der Waals surface area contributed by atoms with E-state index >= 15 is 0 Å². The van der Waals surface area contributed by atoms with Crippen LogP contribution in [0.25, 0.3) is 0 Å². The van der Waals surface area contributed by atoms with E-state index in [0.29, 0.717) is 37.7 Å². The lowest BCUT2D eigenvalue weighted by atomic mass is 9.34. The highest BCUT2D eigenvalue weighted by atomic mass is 16.7. The maximum absolute atomic E-state index is 13.5. The quantitative estimate of drug-likeness (QED) is 0.178. The predicted octanol–water partition coefficient (Wildman–Crippen LogP) is 5.21. The lowest BCUT2D eigenvalue weighted by Gasteiger charge is -2.71. The number of carboxylic acids is 1. The number of benzene rings is 1. The zero-order valence-electron chi connectivity index (χ0n) is 32.0. The molecule has 2 bridgehead atoms. The van der Waals surface area contributed by atoms with Crippen molar-refractivity contribution in [2.75, 3.05) is 19.8 Å². The van der Waals surface area contributed by atoms with E-state index in [1.807, 2.05) is 30.3 Å². The van der Waals surface area contributed by atoms with Crippen molar-refractivity contribution >= 4 is 5.97 Å². The second kappa shape index (κ2) is 13.3. The van der Waals surface area contributed by atoms with Crippen molar-refractivity contribution < 1.29 is 49.3 Å². The summed E-state index contributed by atoms with van der Waals surface area (Å²) in [5.41, 5.74) is -0.579. The van der Waals surface area contributed by atoms with E-state index in [0.717, 1.165) is 25.7 Å². The first-order valence-electron chi connectivity index (χ1n) is 19.7. The van der Waals surface area contributed by atoms with Gasteiger partial charge < -0.3 is 44.5 Å². The molecule has 0 spiro atoms. The van der Waals surface area contributed by atoms with Gasteiger partial charge >= 0.3 is 5.97 Å². The van der Waals surface area contributed by atoms with Gasteiger partial charge in [-0.15, -0.1) is 0 Å². The number of para-hydroxylation sites is 1. The number of aliphatic hydroxyl groups excluding tert-OH is 4. The fourth-order valence-corrected chi connectivity index (χ4v) is 12.9. The molecule has 4 aliphatic carbocycles. The topological polar surface area (TPSA) is 155 Å². The number of allylic oxidation sites excluding steroid dienone is 1. The van der Waals surface area contributed by atoms with Gasteiger partial charge in [-0.1, -0.05) is 78.3 Å². The molecule has 290 valence electrons. The summed E-state index contributed by atoms with van der Waals surface area (Å²) in [5, 5.41) is 53.2. The van der Waals surface area contributed by atoms with Crippen molar-refractivity contribution in [3.05, 3.63) is 42.0 Å². The van der Waals surface area contributed by atoms with Crippen molar-refractivity contribution in [3.63, 3.8) is 0 Å². The van der Waals surface area contributed by atoms with E-state index < -0.39 is 72.2 Å². The average Bonchev–Trinajstić information content (AvgIpc) is 3.10. The van der Waals surface area contributed by atoms with E-state index in [2.05, 4.69) is 54.5 Å². The fraction of sp³-hybridized carbons (Fsp3) is 0.786. The minimum atomic E-state index is -1.56. The zero-order chi connectivity index (χ0) is 37.6. The molecule has 2 saturated heterocycles. The molecule has 52 heavy (non-hydrogen) atoms. The summed E-state index contributed by atoms with van der Waals surface area (Å²) in [4.78, 5) is 13.5. The second-order valence-corrected chi connectivity index (χ2v) is 18.8.